The van der Waals surface area contributed by atoms with E-state index in [2.05, 4.69) is 36.1 Å². The van der Waals surface area contributed by atoms with E-state index < -0.39 is 0 Å². The third-order valence-corrected chi connectivity index (χ3v) is 4.83. The lowest BCUT2D eigenvalue weighted by molar-refractivity contribution is 0.169. The van der Waals surface area contributed by atoms with E-state index in [9.17, 15) is 0 Å². The van der Waals surface area contributed by atoms with Gasteiger partial charge in [-0.05, 0) is 46.7 Å². The van der Waals surface area contributed by atoms with Crippen LogP contribution in [0.2, 0.25) is 0 Å². The summed E-state index contributed by atoms with van der Waals surface area (Å²) in [7, 11) is 2.22. The molecule has 4 heteroatoms. The molecule has 0 aromatic carbocycles. The van der Waals surface area contributed by atoms with Crippen LogP contribution in [0.25, 0.3) is 0 Å². The highest BCUT2D eigenvalue weighted by molar-refractivity contribution is 7.09. The van der Waals surface area contributed by atoms with Crippen molar-refractivity contribution in [1.82, 2.24) is 15.2 Å². The van der Waals surface area contributed by atoms with Crippen LogP contribution in [0, 0.1) is 6.92 Å². The van der Waals surface area contributed by atoms with Gasteiger partial charge in [-0.3, -0.25) is 0 Å². The van der Waals surface area contributed by atoms with Crippen molar-refractivity contribution in [3.8, 4) is 0 Å². The van der Waals surface area contributed by atoms with Crippen LogP contribution in [0.15, 0.2) is 5.51 Å². The zero-order chi connectivity index (χ0) is 12.3. The minimum atomic E-state index is 0.703. The molecule has 1 aromatic rings. The molecule has 1 saturated heterocycles. The van der Waals surface area contributed by atoms with Gasteiger partial charge in [-0.15, -0.1) is 11.3 Å². The van der Waals surface area contributed by atoms with E-state index in [0.29, 0.717) is 12.1 Å². The van der Waals surface area contributed by atoms with Crippen LogP contribution in [-0.4, -0.2) is 42.1 Å². The fraction of sp³-hybridized carbons (Fsp3) is 0.769. The van der Waals surface area contributed by atoms with Gasteiger partial charge in [-0.1, -0.05) is 0 Å². The van der Waals surface area contributed by atoms with Crippen LogP contribution < -0.4 is 5.32 Å². The molecule has 2 unspecified atom stereocenters. The number of piperidine rings is 1. The number of likely N-dealkylation sites (tertiary alicyclic amines) is 1. The van der Waals surface area contributed by atoms with Gasteiger partial charge in [0.05, 0.1) is 11.2 Å². The van der Waals surface area contributed by atoms with Gasteiger partial charge in [0.15, 0.2) is 0 Å². The fourth-order valence-electron chi connectivity index (χ4n) is 2.43. The summed E-state index contributed by atoms with van der Waals surface area (Å²) in [6.07, 6.45) is 3.68. The number of thiazole rings is 1. The molecule has 96 valence electrons. The predicted octanol–water partition coefficient (Wildman–Crippen LogP) is 2.07. The van der Waals surface area contributed by atoms with E-state index in [-0.39, 0.29) is 0 Å². The number of hydrogen-bond donors (Lipinski definition) is 1. The first-order chi connectivity index (χ1) is 8.16. The summed E-state index contributed by atoms with van der Waals surface area (Å²) >= 11 is 1.78. The van der Waals surface area contributed by atoms with Crippen LogP contribution in [0.3, 0.4) is 0 Å². The second-order valence-corrected chi connectivity index (χ2v) is 6.06. The van der Waals surface area contributed by atoms with E-state index in [1.807, 2.05) is 5.51 Å². The maximum absolute atomic E-state index is 4.29. The second kappa shape index (κ2) is 5.94. The van der Waals surface area contributed by atoms with Gasteiger partial charge >= 0.3 is 0 Å². The maximum Gasteiger partial charge on any atom is 0.0797 e. The number of hydrogen-bond acceptors (Lipinski definition) is 4. The van der Waals surface area contributed by atoms with Crippen LogP contribution in [0.1, 0.15) is 30.3 Å². The molecule has 0 radical (unpaired) electrons. The topological polar surface area (TPSA) is 28.2 Å². The minimum Gasteiger partial charge on any atom is -0.314 e. The lowest BCUT2D eigenvalue weighted by Crippen LogP contribution is -2.46. The Morgan fingerprint density at radius 2 is 2.41 bits per heavy atom. The summed E-state index contributed by atoms with van der Waals surface area (Å²) in [6, 6.07) is 1.42. The molecule has 17 heavy (non-hydrogen) atoms. The molecule has 2 atom stereocenters. The van der Waals surface area contributed by atoms with Crippen molar-refractivity contribution in [3.63, 3.8) is 0 Å². The van der Waals surface area contributed by atoms with Crippen molar-refractivity contribution < 1.29 is 0 Å². The third-order valence-electron chi connectivity index (χ3n) is 3.84. The van der Waals surface area contributed by atoms with Crippen molar-refractivity contribution in [2.45, 2.75) is 45.2 Å². The Morgan fingerprint density at radius 1 is 1.59 bits per heavy atom. The standard InChI is InChI=1S/C13H23N3S/c1-10-8-12(5-7-16(10)3)14-6-4-13-11(2)15-9-17-13/h9-10,12,14H,4-8H2,1-3H3. The normalized spacial score (nSPS) is 26.3. The highest BCUT2D eigenvalue weighted by atomic mass is 32.1. The highest BCUT2D eigenvalue weighted by Crippen LogP contribution is 2.16. The molecule has 0 spiro atoms. The minimum absolute atomic E-state index is 0.703. The Morgan fingerprint density at radius 3 is 3.06 bits per heavy atom. The summed E-state index contributed by atoms with van der Waals surface area (Å²) in [4.78, 5) is 8.17. The van der Waals surface area contributed by atoms with Crippen LogP contribution in [0.4, 0.5) is 0 Å². The molecule has 0 amide bonds. The van der Waals surface area contributed by atoms with Crippen LogP contribution >= 0.6 is 11.3 Å². The number of aromatic nitrogens is 1. The Hall–Kier alpha value is -0.450. The first-order valence-electron chi connectivity index (χ1n) is 6.49. The lowest BCUT2D eigenvalue weighted by Gasteiger charge is -2.35. The van der Waals surface area contributed by atoms with Crippen molar-refractivity contribution in [3.05, 3.63) is 16.1 Å². The molecule has 0 aliphatic carbocycles. The SMILES string of the molecule is Cc1ncsc1CCNC1CCN(C)C(C)C1. The Balaban J connectivity index is 1.71. The van der Waals surface area contributed by atoms with E-state index in [0.717, 1.165) is 13.0 Å². The molecule has 2 heterocycles. The maximum atomic E-state index is 4.29. The summed E-state index contributed by atoms with van der Waals surface area (Å²) in [5.41, 5.74) is 3.15. The molecule has 1 aliphatic rings. The molecule has 0 saturated carbocycles. The summed E-state index contributed by atoms with van der Waals surface area (Å²) < 4.78 is 0. The molecule has 2 rings (SSSR count). The Bertz CT molecular complexity index is 350. The lowest BCUT2D eigenvalue weighted by atomic mass is 9.99. The van der Waals surface area contributed by atoms with Gasteiger partial charge in [0.2, 0.25) is 0 Å². The zero-order valence-corrected chi connectivity index (χ0v) is 11.9. The number of aryl methyl sites for hydroxylation is 1. The molecule has 3 nitrogen and oxygen atoms in total. The molecular weight excluding hydrogens is 230 g/mol. The molecule has 1 aromatic heterocycles. The van der Waals surface area contributed by atoms with E-state index in [1.165, 1.54) is 30.0 Å². The molecule has 1 N–H and O–H groups in total. The first kappa shape index (κ1) is 13.0. The third kappa shape index (κ3) is 3.50. The molecule has 1 fully saturated rings. The Kier molecular flexibility index (Phi) is 4.54. The van der Waals surface area contributed by atoms with E-state index in [1.54, 1.807) is 11.3 Å². The van der Waals surface area contributed by atoms with Gasteiger partial charge in [0.25, 0.3) is 0 Å². The van der Waals surface area contributed by atoms with E-state index in [4.69, 9.17) is 0 Å². The highest BCUT2D eigenvalue weighted by Gasteiger charge is 2.21. The first-order valence-corrected chi connectivity index (χ1v) is 7.37. The fourth-order valence-corrected chi connectivity index (χ4v) is 3.21. The van der Waals surface area contributed by atoms with Crippen molar-refractivity contribution in [2.24, 2.45) is 0 Å². The van der Waals surface area contributed by atoms with Gasteiger partial charge in [0.1, 0.15) is 0 Å². The van der Waals surface area contributed by atoms with Crippen molar-refractivity contribution in [2.75, 3.05) is 20.1 Å². The van der Waals surface area contributed by atoms with Crippen molar-refractivity contribution in [1.29, 1.82) is 0 Å². The molecule has 0 bridgehead atoms. The predicted molar refractivity (Wildman–Crippen MR) is 73.7 cm³/mol. The zero-order valence-electron chi connectivity index (χ0n) is 11.1. The molecule has 1 aliphatic heterocycles. The quantitative estimate of drug-likeness (QED) is 0.890. The van der Waals surface area contributed by atoms with Crippen molar-refractivity contribution >= 4 is 11.3 Å². The van der Waals surface area contributed by atoms with Crippen LogP contribution in [-0.2, 0) is 6.42 Å². The second-order valence-electron chi connectivity index (χ2n) is 5.12. The van der Waals surface area contributed by atoms with Gasteiger partial charge in [-0.25, -0.2) is 4.98 Å². The van der Waals surface area contributed by atoms with Crippen LogP contribution in [0.5, 0.6) is 0 Å². The molecular formula is C13H23N3S. The van der Waals surface area contributed by atoms with E-state index >= 15 is 0 Å². The summed E-state index contributed by atoms with van der Waals surface area (Å²) in [5, 5.41) is 3.69. The Labute approximate surface area is 108 Å². The number of nitrogens with one attached hydrogen (secondary N) is 1. The summed E-state index contributed by atoms with van der Waals surface area (Å²) in [6.45, 7) is 6.73. The van der Waals surface area contributed by atoms with Gasteiger partial charge < -0.3 is 10.2 Å². The number of nitrogens with zero attached hydrogens (tertiary/aromatic N) is 2. The number of rotatable bonds is 4. The van der Waals surface area contributed by atoms with Gasteiger partial charge in [-0.2, -0.15) is 0 Å². The monoisotopic (exact) mass is 253 g/mol. The van der Waals surface area contributed by atoms with Gasteiger partial charge in [0, 0.05) is 23.5 Å². The average molecular weight is 253 g/mol. The average Bonchev–Trinajstić information content (AvgIpc) is 2.70. The smallest absolute Gasteiger partial charge is 0.0797 e. The summed E-state index contributed by atoms with van der Waals surface area (Å²) in [5.74, 6) is 0. The largest absolute Gasteiger partial charge is 0.314 e.